The summed E-state index contributed by atoms with van der Waals surface area (Å²) < 4.78 is 5.14. The molecule has 0 aliphatic heterocycles. The molecule has 0 saturated carbocycles. The van der Waals surface area contributed by atoms with Crippen LogP contribution >= 0.6 is 12.2 Å². The van der Waals surface area contributed by atoms with Gasteiger partial charge in [-0.1, -0.05) is 42.5 Å². The van der Waals surface area contributed by atoms with Gasteiger partial charge in [-0.05, 0) is 25.8 Å². The summed E-state index contributed by atoms with van der Waals surface area (Å²) in [6, 6.07) is 9.80. The van der Waals surface area contributed by atoms with Crippen molar-refractivity contribution in [2.24, 2.45) is 11.7 Å². The minimum Gasteiger partial charge on any atom is -0.393 e. The summed E-state index contributed by atoms with van der Waals surface area (Å²) in [6.45, 7) is 5.01. The van der Waals surface area contributed by atoms with Crippen molar-refractivity contribution >= 4 is 23.1 Å². The molecule has 1 rings (SSSR count). The zero-order valence-electron chi connectivity index (χ0n) is 12.9. The van der Waals surface area contributed by atoms with Crippen LogP contribution in [-0.2, 0) is 16.0 Å². The minimum atomic E-state index is -0.471. The lowest BCUT2D eigenvalue weighted by molar-refractivity contribution is -0.136. The van der Waals surface area contributed by atoms with E-state index in [2.05, 4.69) is 0 Å². The normalized spacial score (nSPS) is 13.5. The molecule has 0 fully saturated rings. The molecule has 0 bridgehead atoms. The smallest absolute Gasteiger partial charge is 0.233 e. The molecule has 116 valence electrons. The number of methoxy groups -OCH3 is 1. The number of benzene rings is 1. The summed E-state index contributed by atoms with van der Waals surface area (Å²) in [4.78, 5) is 14.8. The Morgan fingerprint density at radius 2 is 2.00 bits per heavy atom. The average Bonchev–Trinajstić information content (AvgIpc) is 2.46. The predicted molar refractivity (Wildman–Crippen MR) is 89.1 cm³/mol. The van der Waals surface area contributed by atoms with E-state index in [9.17, 15) is 4.79 Å². The zero-order valence-corrected chi connectivity index (χ0v) is 13.7. The predicted octanol–water partition coefficient (Wildman–Crippen LogP) is 2.01. The lowest BCUT2D eigenvalue weighted by Crippen LogP contribution is -2.47. The Morgan fingerprint density at radius 3 is 2.48 bits per heavy atom. The van der Waals surface area contributed by atoms with Gasteiger partial charge in [0.1, 0.15) is 0 Å². The molecular formula is C16H24N2O2S. The van der Waals surface area contributed by atoms with Gasteiger partial charge in [-0.3, -0.25) is 4.79 Å². The van der Waals surface area contributed by atoms with Crippen LogP contribution in [0.25, 0.3) is 0 Å². The first-order valence-corrected chi connectivity index (χ1v) is 7.54. The van der Waals surface area contributed by atoms with Crippen LogP contribution in [0.5, 0.6) is 0 Å². The molecule has 0 aliphatic rings. The summed E-state index contributed by atoms with van der Waals surface area (Å²) in [5.41, 5.74) is 6.86. The van der Waals surface area contributed by atoms with Gasteiger partial charge < -0.3 is 15.4 Å². The van der Waals surface area contributed by atoms with E-state index in [4.69, 9.17) is 22.7 Å². The highest BCUT2D eigenvalue weighted by Crippen LogP contribution is 2.14. The third kappa shape index (κ3) is 5.10. The Morgan fingerprint density at radius 1 is 1.38 bits per heavy atom. The molecule has 0 aromatic heterocycles. The van der Waals surface area contributed by atoms with Crippen molar-refractivity contribution in [3.8, 4) is 0 Å². The van der Waals surface area contributed by atoms with E-state index in [1.807, 2.05) is 44.2 Å². The van der Waals surface area contributed by atoms with Crippen LogP contribution in [0.1, 0.15) is 19.4 Å². The maximum absolute atomic E-state index is 12.7. The van der Waals surface area contributed by atoms with E-state index in [1.54, 1.807) is 12.0 Å². The van der Waals surface area contributed by atoms with Crippen LogP contribution in [0.3, 0.4) is 0 Å². The number of likely N-dealkylation sites (N-methyl/N-ethyl adjacent to an activating group) is 1. The highest BCUT2D eigenvalue weighted by Gasteiger charge is 2.28. The fourth-order valence-corrected chi connectivity index (χ4v) is 2.56. The number of hydrogen-bond acceptors (Lipinski definition) is 3. The number of rotatable bonds is 8. The largest absolute Gasteiger partial charge is 0.393 e. The summed E-state index contributed by atoms with van der Waals surface area (Å²) >= 11 is 5.11. The molecule has 2 unspecified atom stereocenters. The molecule has 4 nitrogen and oxygen atoms in total. The molecule has 21 heavy (non-hydrogen) atoms. The third-order valence-electron chi connectivity index (χ3n) is 3.49. The van der Waals surface area contributed by atoms with Crippen LogP contribution in [-0.4, -0.2) is 42.1 Å². The molecule has 0 spiro atoms. The van der Waals surface area contributed by atoms with E-state index in [0.29, 0.717) is 19.6 Å². The average molecular weight is 308 g/mol. The number of nitrogens with two attached hydrogens (primary N) is 1. The van der Waals surface area contributed by atoms with Crippen molar-refractivity contribution in [3.05, 3.63) is 35.9 Å². The van der Waals surface area contributed by atoms with Crippen LogP contribution in [0.2, 0.25) is 0 Å². The Labute approximate surface area is 132 Å². The second kappa shape index (κ2) is 8.74. The Balaban J connectivity index is 2.88. The van der Waals surface area contributed by atoms with Gasteiger partial charge in [-0.2, -0.15) is 0 Å². The number of nitrogens with zero attached hydrogens (tertiary/aromatic N) is 1. The fourth-order valence-electron chi connectivity index (χ4n) is 2.38. The summed E-state index contributed by atoms with van der Waals surface area (Å²) in [6.07, 6.45) is 0.533. The first kappa shape index (κ1) is 17.6. The molecule has 0 radical (unpaired) electrons. The topological polar surface area (TPSA) is 55.6 Å². The zero-order chi connectivity index (χ0) is 15.8. The molecular weight excluding hydrogens is 284 g/mol. The van der Waals surface area contributed by atoms with Gasteiger partial charge in [0.05, 0.1) is 23.6 Å². The SMILES string of the molecule is CCN(C(=O)C(Cc1ccccc1)C(N)=S)C(C)COC. The lowest BCUT2D eigenvalue weighted by Gasteiger charge is -2.31. The number of hydrogen-bond donors (Lipinski definition) is 1. The highest BCUT2D eigenvalue weighted by molar-refractivity contribution is 7.80. The fraction of sp³-hybridized carbons (Fsp3) is 0.500. The second-order valence-corrected chi connectivity index (χ2v) is 5.54. The molecule has 1 amide bonds. The van der Waals surface area contributed by atoms with Crippen LogP contribution in [0.15, 0.2) is 30.3 Å². The van der Waals surface area contributed by atoms with E-state index < -0.39 is 5.92 Å². The van der Waals surface area contributed by atoms with E-state index >= 15 is 0 Å². The minimum absolute atomic E-state index is 0.000114. The van der Waals surface area contributed by atoms with Crippen LogP contribution in [0, 0.1) is 5.92 Å². The first-order valence-electron chi connectivity index (χ1n) is 7.13. The molecule has 1 aromatic carbocycles. The van der Waals surface area contributed by atoms with Crippen LogP contribution < -0.4 is 5.73 Å². The van der Waals surface area contributed by atoms with E-state index in [-0.39, 0.29) is 16.9 Å². The number of carbonyl (C=O) groups excluding carboxylic acids is 1. The van der Waals surface area contributed by atoms with Gasteiger partial charge in [0.25, 0.3) is 0 Å². The van der Waals surface area contributed by atoms with Gasteiger partial charge in [-0.25, -0.2) is 0 Å². The molecule has 5 heteroatoms. The molecule has 0 heterocycles. The highest BCUT2D eigenvalue weighted by atomic mass is 32.1. The van der Waals surface area contributed by atoms with E-state index in [0.717, 1.165) is 5.56 Å². The first-order chi connectivity index (χ1) is 10.0. The monoisotopic (exact) mass is 308 g/mol. The van der Waals surface area contributed by atoms with Crippen molar-refractivity contribution in [1.29, 1.82) is 0 Å². The molecule has 0 saturated heterocycles. The van der Waals surface area contributed by atoms with Crippen molar-refractivity contribution < 1.29 is 9.53 Å². The number of ether oxygens (including phenoxy) is 1. The molecule has 2 atom stereocenters. The Kier molecular flexibility index (Phi) is 7.32. The van der Waals surface area contributed by atoms with Crippen molar-refractivity contribution in [2.75, 3.05) is 20.3 Å². The van der Waals surface area contributed by atoms with Crippen molar-refractivity contribution in [2.45, 2.75) is 26.3 Å². The third-order valence-corrected chi connectivity index (χ3v) is 3.77. The molecule has 1 aromatic rings. The van der Waals surface area contributed by atoms with Gasteiger partial charge >= 0.3 is 0 Å². The lowest BCUT2D eigenvalue weighted by atomic mass is 9.97. The maximum atomic E-state index is 12.7. The Hall–Kier alpha value is -1.46. The molecule has 0 aliphatic carbocycles. The second-order valence-electron chi connectivity index (χ2n) is 5.07. The quantitative estimate of drug-likeness (QED) is 0.747. The molecule has 2 N–H and O–H groups in total. The maximum Gasteiger partial charge on any atom is 0.233 e. The van der Waals surface area contributed by atoms with Crippen molar-refractivity contribution in [1.82, 2.24) is 4.90 Å². The number of carbonyl (C=O) groups is 1. The Bertz CT molecular complexity index is 465. The van der Waals surface area contributed by atoms with Crippen molar-refractivity contribution in [3.63, 3.8) is 0 Å². The van der Waals surface area contributed by atoms with Gasteiger partial charge in [0.15, 0.2) is 0 Å². The summed E-state index contributed by atoms with van der Waals surface area (Å²) in [5, 5.41) is 0. The van der Waals surface area contributed by atoms with E-state index in [1.165, 1.54) is 0 Å². The van der Waals surface area contributed by atoms with Gasteiger partial charge in [0, 0.05) is 13.7 Å². The van der Waals surface area contributed by atoms with Gasteiger partial charge in [-0.15, -0.1) is 0 Å². The summed E-state index contributed by atoms with van der Waals surface area (Å²) in [5.74, 6) is -0.500. The van der Waals surface area contributed by atoms with Gasteiger partial charge in [0.2, 0.25) is 5.91 Å². The standard InChI is InChI=1S/C16H24N2O2S/c1-4-18(12(2)11-20-3)16(19)14(15(17)21)10-13-8-6-5-7-9-13/h5-9,12,14H,4,10-11H2,1-3H3,(H2,17,21). The summed E-state index contributed by atoms with van der Waals surface area (Å²) in [7, 11) is 1.63. The van der Waals surface area contributed by atoms with Crippen LogP contribution in [0.4, 0.5) is 0 Å². The number of thiocarbonyl (C=S) groups is 1. The number of amides is 1.